The number of nitrogens with two attached hydrogens (primary N) is 1. The first-order valence-electron chi connectivity index (χ1n) is 7.14. The molecule has 0 bridgehead atoms. The largest absolute Gasteiger partial charge is 0.492 e. The van der Waals surface area contributed by atoms with E-state index in [2.05, 4.69) is 5.32 Å². The lowest BCUT2D eigenvalue weighted by molar-refractivity contribution is -0.118. The van der Waals surface area contributed by atoms with E-state index in [-0.39, 0.29) is 12.5 Å². The van der Waals surface area contributed by atoms with E-state index in [9.17, 15) is 9.59 Å². The third-order valence-corrected chi connectivity index (χ3v) is 2.97. The molecule has 2 amide bonds. The SMILES string of the molecule is CCOc1ccccc1NC(=O)COc1ccc(C(N)=O)cc1. The van der Waals surface area contributed by atoms with Gasteiger partial charge in [0.1, 0.15) is 11.5 Å². The van der Waals surface area contributed by atoms with E-state index in [0.29, 0.717) is 29.4 Å². The fourth-order valence-electron chi connectivity index (χ4n) is 1.90. The van der Waals surface area contributed by atoms with Crippen molar-refractivity contribution in [3.05, 3.63) is 54.1 Å². The maximum absolute atomic E-state index is 12.0. The first-order valence-corrected chi connectivity index (χ1v) is 7.14. The van der Waals surface area contributed by atoms with Crippen molar-refractivity contribution < 1.29 is 19.1 Å². The minimum atomic E-state index is -0.512. The van der Waals surface area contributed by atoms with E-state index in [4.69, 9.17) is 15.2 Å². The molecule has 0 unspecified atom stereocenters. The molecule has 23 heavy (non-hydrogen) atoms. The summed E-state index contributed by atoms with van der Waals surface area (Å²) in [5.41, 5.74) is 6.13. The maximum Gasteiger partial charge on any atom is 0.262 e. The van der Waals surface area contributed by atoms with Crippen LogP contribution in [0.2, 0.25) is 0 Å². The predicted molar refractivity (Wildman–Crippen MR) is 86.7 cm³/mol. The van der Waals surface area contributed by atoms with Crippen molar-refractivity contribution in [2.24, 2.45) is 5.73 Å². The molecule has 0 spiro atoms. The summed E-state index contributed by atoms with van der Waals surface area (Å²) in [7, 11) is 0. The third kappa shape index (κ3) is 4.74. The molecule has 0 heterocycles. The van der Waals surface area contributed by atoms with Crippen LogP contribution in [0.25, 0.3) is 0 Å². The van der Waals surface area contributed by atoms with E-state index in [1.165, 1.54) is 0 Å². The highest BCUT2D eigenvalue weighted by Gasteiger charge is 2.08. The highest BCUT2D eigenvalue weighted by Crippen LogP contribution is 2.23. The molecule has 3 N–H and O–H groups in total. The number of nitrogens with one attached hydrogen (secondary N) is 1. The number of anilines is 1. The van der Waals surface area contributed by atoms with Crippen molar-refractivity contribution in [1.29, 1.82) is 0 Å². The third-order valence-electron chi connectivity index (χ3n) is 2.97. The zero-order valence-electron chi connectivity index (χ0n) is 12.7. The van der Waals surface area contributed by atoms with E-state index in [1.807, 2.05) is 19.1 Å². The summed E-state index contributed by atoms with van der Waals surface area (Å²) in [4.78, 5) is 22.9. The number of hydrogen-bond acceptors (Lipinski definition) is 4. The average molecular weight is 314 g/mol. The second-order valence-corrected chi connectivity index (χ2v) is 4.65. The van der Waals surface area contributed by atoms with Gasteiger partial charge in [0.15, 0.2) is 6.61 Å². The number of para-hydroxylation sites is 2. The van der Waals surface area contributed by atoms with Crippen LogP contribution < -0.4 is 20.5 Å². The number of primary amides is 1. The van der Waals surface area contributed by atoms with Gasteiger partial charge in [-0.25, -0.2) is 0 Å². The molecule has 0 radical (unpaired) electrons. The van der Waals surface area contributed by atoms with Crippen LogP contribution in [0, 0.1) is 0 Å². The minimum Gasteiger partial charge on any atom is -0.492 e. The number of carbonyl (C=O) groups is 2. The van der Waals surface area contributed by atoms with Gasteiger partial charge in [-0.1, -0.05) is 12.1 Å². The van der Waals surface area contributed by atoms with Crippen LogP contribution in [0.15, 0.2) is 48.5 Å². The average Bonchev–Trinajstić information content (AvgIpc) is 2.55. The standard InChI is InChI=1S/C17H18N2O4/c1-2-22-15-6-4-3-5-14(15)19-16(20)11-23-13-9-7-12(8-10-13)17(18)21/h3-10H,2,11H2,1H3,(H2,18,21)(H,19,20). The molecule has 0 fully saturated rings. The Hall–Kier alpha value is -3.02. The molecule has 2 aromatic carbocycles. The van der Waals surface area contributed by atoms with E-state index in [1.54, 1.807) is 36.4 Å². The Kier molecular flexibility index (Phi) is 5.57. The van der Waals surface area contributed by atoms with Gasteiger partial charge >= 0.3 is 0 Å². The van der Waals surface area contributed by atoms with Gasteiger partial charge in [-0.05, 0) is 43.3 Å². The van der Waals surface area contributed by atoms with Gasteiger partial charge in [0.2, 0.25) is 5.91 Å². The van der Waals surface area contributed by atoms with Crippen LogP contribution in [-0.4, -0.2) is 25.0 Å². The summed E-state index contributed by atoms with van der Waals surface area (Å²) in [6, 6.07) is 13.4. The Morgan fingerprint density at radius 3 is 2.39 bits per heavy atom. The summed E-state index contributed by atoms with van der Waals surface area (Å²) in [5, 5.41) is 2.73. The van der Waals surface area contributed by atoms with Gasteiger partial charge in [-0.2, -0.15) is 0 Å². The van der Waals surface area contributed by atoms with E-state index >= 15 is 0 Å². The molecule has 120 valence electrons. The van der Waals surface area contributed by atoms with Gasteiger partial charge < -0.3 is 20.5 Å². The molecule has 0 atom stereocenters. The van der Waals surface area contributed by atoms with E-state index in [0.717, 1.165) is 0 Å². The van der Waals surface area contributed by atoms with Gasteiger partial charge in [0.25, 0.3) is 5.91 Å². The van der Waals surface area contributed by atoms with Crippen molar-refractivity contribution in [3.63, 3.8) is 0 Å². The second-order valence-electron chi connectivity index (χ2n) is 4.65. The van der Waals surface area contributed by atoms with Crippen LogP contribution >= 0.6 is 0 Å². The molecule has 6 heteroatoms. The summed E-state index contributed by atoms with van der Waals surface area (Å²) in [6.07, 6.45) is 0. The molecule has 0 aliphatic carbocycles. The molecule has 0 aliphatic rings. The molecule has 0 aromatic heterocycles. The van der Waals surface area contributed by atoms with Gasteiger partial charge in [0, 0.05) is 5.56 Å². The number of rotatable bonds is 7. The first-order chi connectivity index (χ1) is 11.1. The topological polar surface area (TPSA) is 90.7 Å². The van der Waals surface area contributed by atoms with Crippen molar-refractivity contribution >= 4 is 17.5 Å². The molecular weight excluding hydrogens is 296 g/mol. The molecular formula is C17H18N2O4. The normalized spacial score (nSPS) is 9.96. The molecule has 0 saturated carbocycles. The summed E-state index contributed by atoms with van der Waals surface area (Å²) < 4.78 is 10.8. The summed E-state index contributed by atoms with van der Waals surface area (Å²) in [5.74, 6) is 0.260. The van der Waals surface area contributed by atoms with Gasteiger partial charge in [-0.3, -0.25) is 9.59 Å². The van der Waals surface area contributed by atoms with Gasteiger partial charge in [0.05, 0.1) is 12.3 Å². The zero-order valence-corrected chi connectivity index (χ0v) is 12.7. The number of ether oxygens (including phenoxy) is 2. The van der Waals surface area contributed by atoms with Crippen molar-refractivity contribution in [1.82, 2.24) is 0 Å². The zero-order chi connectivity index (χ0) is 16.7. The number of carbonyl (C=O) groups excluding carboxylic acids is 2. The van der Waals surface area contributed by atoms with Crippen LogP contribution in [0.4, 0.5) is 5.69 Å². The quantitative estimate of drug-likeness (QED) is 0.819. The molecule has 2 rings (SSSR count). The molecule has 0 saturated heterocycles. The molecule has 6 nitrogen and oxygen atoms in total. The maximum atomic E-state index is 12.0. The lowest BCUT2D eigenvalue weighted by atomic mass is 10.2. The van der Waals surface area contributed by atoms with Crippen LogP contribution in [0.1, 0.15) is 17.3 Å². The predicted octanol–water partition coefficient (Wildman–Crippen LogP) is 2.20. The lowest BCUT2D eigenvalue weighted by Gasteiger charge is -2.11. The van der Waals surface area contributed by atoms with E-state index < -0.39 is 5.91 Å². The Morgan fingerprint density at radius 2 is 1.74 bits per heavy atom. The highest BCUT2D eigenvalue weighted by atomic mass is 16.5. The monoisotopic (exact) mass is 314 g/mol. The van der Waals surface area contributed by atoms with Crippen LogP contribution in [-0.2, 0) is 4.79 Å². The second kappa shape index (κ2) is 7.84. The Labute approximate surface area is 134 Å². The number of hydrogen-bond donors (Lipinski definition) is 2. The highest BCUT2D eigenvalue weighted by molar-refractivity contribution is 5.93. The Morgan fingerprint density at radius 1 is 1.04 bits per heavy atom. The molecule has 2 aromatic rings. The summed E-state index contributed by atoms with van der Waals surface area (Å²) in [6.45, 7) is 2.23. The van der Waals surface area contributed by atoms with Crippen molar-refractivity contribution in [3.8, 4) is 11.5 Å². The van der Waals surface area contributed by atoms with Crippen LogP contribution in [0.3, 0.4) is 0 Å². The first kappa shape index (κ1) is 16.4. The fraction of sp³-hybridized carbons (Fsp3) is 0.176. The Balaban J connectivity index is 1.91. The summed E-state index contributed by atoms with van der Waals surface area (Å²) >= 11 is 0. The smallest absolute Gasteiger partial charge is 0.262 e. The minimum absolute atomic E-state index is 0.156. The lowest BCUT2D eigenvalue weighted by Crippen LogP contribution is -2.20. The number of amides is 2. The Bertz CT molecular complexity index is 683. The fourth-order valence-corrected chi connectivity index (χ4v) is 1.90. The van der Waals surface area contributed by atoms with Gasteiger partial charge in [-0.15, -0.1) is 0 Å². The van der Waals surface area contributed by atoms with Crippen molar-refractivity contribution in [2.75, 3.05) is 18.5 Å². The number of benzene rings is 2. The van der Waals surface area contributed by atoms with Crippen LogP contribution in [0.5, 0.6) is 11.5 Å². The molecule has 0 aliphatic heterocycles. The van der Waals surface area contributed by atoms with Crippen molar-refractivity contribution in [2.45, 2.75) is 6.92 Å².